The van der Waals surface area contributed by atoms with Crippen LogP contribution < -0.4 is 15.8 Å². The van der Waals surface area contributed by atoms with Gasteiger partial charge in [0.15, 0.2) is 0 Å². The van der Waals surface area contributed by atoms with Gasteiger partial charge in [-0.25, -0.2) is 14.4 Å². The number of aromatic nitrogens is 2. The second-order valence-corrected chi connectivity index (χ2v) is 9.11. The summed E-state index contributed by atoms with van der Waals surface area (Å²) in [4.78, 5) is 8.73. The number of nitrogens with one attached hydrogen (secondary N) is 1. The molecule has 0 aliphatic heterocycles. The molecule has 3 N–H and O–H groups in total. The van der Waals surface area contributed by atoms with Gasteiger partial charge in [0.25, 0.3) is 0 Å². The van der Waals surface area contributed by atoms with Crippen LogP contribution in [0.5, 0.6) is 5.75 Å². The summed E-state index contributed by atoms with van der Waals surface area (Å²) in [7, 11) is 0. The Hall–Kier alpha value is -2.36. The second-order valence-electron chi connectivity index (χ2n) is 7.86. The highest BCUT2D eigenvalue weighted by molar-refractivity contribution is 14.1. The molecule has 0 unspecified atom stereocenters. The molecule has 0 radical (unpaired) electrons. The fourth-order valence-electron chi connectivity index (χ4n) is 3.28. The highest BCUT2D eigenvalue weighted by atomic mass is 127. The normalized spacial score (nSPS) is 11.2. The minimum Gasteiger partial charge on any atom is -0.489 e. The van der Waals surface area contributed by atoms with Crippen LogP contribution in [-0.4, -0.2) is 89.3 Å². The molecule has 1 aromatic heterocycles. The van der Waals surface area contributed by atoms with Crippen LogP contribution >= 0.6 is 22.6 Å². The SMILES string of the molecule is Nc1cc2c(Nc3cccc(I)c3)ncnc2cc1OCCOCCOCCOCCOCCOCCF. The molecule has 0 bridgehead atoms. The molecule has 3 aromatic rings. The first-order valence-electron chi connectivity index (χ1n) is 12.3. The van der Waals surface area contributed by atoms with Crippen LogP contribution in [0.1, 0.15) is 0 Å². The van der Waals surface area contributed by atoms with Crippen molar-refractivity contribution in [3.63, 3.8) is 0 Å². The number of benzene rings is 2. The van der Waals surface area contributed by atoms with Crippen molar-refractivity contribution in [1.82, 2.24) is 9.97 Å². The van der Waals surface area contributed by atoms with Crippen LogP contribution in [0.25, 0.3) is 10.9 Å². The van der Waals surface area contributed by atoms with Gasteiger partial charge in [-0.3, -0.25) is 0 Å². The number of fused-ring (bicyclic) bond motifs is 1. The van der Waals surface area contributed by atoms with Crippen molar-refractivity contribution in [2.45, 2.75) is 0 Å². The van der Waals surface area contributed by atoms with E-state index in [1.54, 1.807) is 6.07 Å². The van der Waals surface area contributed by atoms with Crippen molar-refractivity contribution in [2.75, 3.05) is 90.4 Å². The standard InChI is InChI=1S/C26H34FIN4O6/c27-4-5-33-6-7-34-8-9-35-10-11-36-12-13-37-14-15-38-25-18-24-22(17-23(25)29)26(31-19-30-24)32-21-3-1-2-20(28)16-21/h1-3,16-19H,4-15,29H2,(H,30,31,32). The van der Waals surface area contributed by atoms with E-state index in [2.05, 4.69) is 37.9 Å². The number of anilines is 3. The van der Waals surface area contributed by atoms with Gasteiger partial charge in [-0.05, 0) is 46.9 Å². The Balaban J connectivity index is 1.26. The Bertz CT molecular complexity index is 1100. The Morgan fingerprint density at radius 3 is 1.97 bits per heavy atom. The minimum atomic E-state index is -0.479. The quantitative estimate of drug-likeness (QED) is 0.106. The van der Waals surface area contributed by atoms with Crippen LogP contribution in [0.15, 0.2) is 42.7 Å². The molecule has 0 spiro atoms. The monoisotopic (exact) mass is 644 g/mol. The second kappa shape index (κ2) is 18.0. The summed E-state index contributed by atoms with van der Waals surface area (Å²) in [5, 5.41) is 4.13. The molecular weight excluding hydrogens is 610 g/mol. The summed E-state index contributed by atoms with van der Waals surface area (Å²) in [5.74, 6) is 1.22. The Kier molecular flexibility index (Phi) is 14.3. The van der Waals surface area contributed by atoms with Crippen molar-refractivity contribution in [1.29, 1.82) is 0 Å². The molecular formula is C26H34FIN4O6. The van der Waals surface area contributed by atoms with Crippen molar-refractivity contribution >= 4 is 50.7 Å². The number of hydrogen-bond acceptors (Lipinski definition) is 10. The third-order valence-corrected chi connectivity index (χ3v) is 5.72. The van der Waals surface area contributed by atoms with Gasteiger partial charge in [0.1, 0.15) is 31.2 Å². The average molecular weight is 644 g/mol. The zero-order valence-electron chi connectivity index (χ0n) is 21.2. The van der Waals surface area contributed by atoms with Crippen LogP contribution in [0.2, 0.25) is 0 Å². The molecule has 0 saturated heterocycles. The number of halogens is 2. The van der Waals surface area contributed by atoms with E-state index in [0.717, 1.165) is 20.2 Å². The van der Waals surface area contributed by atoms with E-state index in [1.807, 2.05) is 30.3 Å². The molecule has 208 valence electrons. The first-order chi connectivity index (χ1) is 18.7. The molecule has 1 heterocycles. The van der Waals surface area contributed by atoms with Crippen LogP contribution in [0.4, 0.5) is 21.6 Å². The summed E-state index contributed by atoms with van der Waals surface area (Å²) >= 11 is 2.27. The predicted molar refractivity (Wildman–Crippen MR) is 152 cm³/mol. The molecule has 0 atom stereocenters. The summed E-state index contributed by atoms with van der Waals surface area (Å²) < 4.78 is 45.5. The number of nitrogens with zero attached hydrogens (tertiary/aromatic N) is 2. The highest BCUT2D eigenvalue weighted by Gasteiger charge is 2.10. The first kappa shape index (κ1) is 30.2. The molecule has 0 saturated carbocycles. The summed E-state index contributed by atoms with van der Waals surface area (Å²) in [6.07, 6.45) is 1.51. The average Bonchev–Trinajstić information content (AvgIpc) is 2.91. The predicted octanol–water partition coefficient (Wildman–Crippen LogP) is 3.99. The van der Waals surface area contributed by atoms with Gasteiger partial charge in [0.2, 0.25) is 0 Å². The number of alkyl halides is 1. The lowest BCUT2D eigenvalue weighted by atomic mass is 10.2. The number of nitrogens with two attached hydrogens (primary N) is 1. The van der Waals surface area contributed by atoms with Gasteiger partial charge in [-0.15, -0.1) is 0 Å². The molecule has 3 rings (SSSR count). The summed E-state index contributed by atoms with van der Waals surface area (Å²) in [6, 6.07) is 11.6. The first-order valence-corrected chi connectivity index (χ1v) is 13.4. The summed E-state index contributed by atoms with van der Waals surface area (Å²) in [5.41, 5.74) is 8.39. The maximum absolute atomic E-state index is 11.8. The van der Waals surface area contributed by atoms with Crippen molar-refractivity contribution < 1.29 is 32.8 Å². The molecule has 2 aromatic carbocycles. The van der Waals surface area contributed by atoms with E-state index in [0.29, 0.717) is 83.3 Å². The third kappa shape index (κ3) is 11.2. The largest absolute Gasteiger partial charge is 0.489 e. The van der Waals surface area contributed by atoms with Gasteiger partial charge in [0, 0.05) is 20.7 Å². The fraction of sp³-hybridized carbons (Fsp3) is 0.462. The molecule has 10 nitrogen and oxygen atoms in total. The molecule has 0 amide bonds. The molecule has 38 heavy (non-hydrogen) atoms. The lowest BCUT2D eigenvalue weighted by Gasteiger charge is -2.13. The van der Waals surface area contributed by atoms with E-state index in [1.165, 1.54) is 6.33 Å². The van der Waals surface area contributed by atoms with Crippen LogP contribution in [-0.2, 0) is 23.7 Å². The van der Waals surface area contributed by atoms with Crippen molar-refractivity contribution in [2.24, 2.45) is 0 Å². The van der Waals surface area contributed by atoms with E-state index >= 15 is 0 Å². The number of ether oxygens (including phenoxy) is 6. The lowest BCUT2D eigenvalue weighted by molar-refractivity contribution is -0.0132. The lowest BCUT2D eigenvalue weighted by Crippen LogP contribution is -2.14. The molecule has 0 fully saturated rings. The van der Waals surface area contributed by atoms with E-state index in [9.17, 15) is 4.39 Å². The van der Waals surface area contributed by atoms with Gasteiger partial charge < -0.3 is 39.5 Å². The third-order valence-electron chi connectivity index (χ3n) is 5.05. The van der Waals surface area contributed by atoms with E-state index in [4.69, 9.17) is 34.2 Å². The highest BCUT2D eigenvalue weighted by Crippen LogP contribution is 2.31. The maximum atomic E-state index is 11.8. The molecule has 12 heteroatoms. The zero-order valence-corrected chi connectivity index (χ0v) is 23.4. The van der Waals surface area contributed by atoms with Gasteiger partial charge in [0.05, 0.1) is 77.3 Å². The van der Waals surface area contributed by atoms with Crippen molar-refractivity contribution in [3.05, 3.63) is 46.3 Å². The van der Waals surface area contributed by atoms with Gasteiger partial charge in [-0.1, -0.05) is 6.07 Å². The van der Waals surface area contributed by atoms with Gasteiger partial charge in [-0.2, -0.15) is 0 Å². The molecule has 0 aliphatic carbocycles. The van der Waals surface area contributed by atoms with Crippen LogP contribution in [0, 0.1) is 3.57 Å². The van der Waals surface area contributed by atoms with E-state index in [-0.39, 0.29) is 6.61 Å². The number of hydrogen-bond donors (Lipinski definition) is 2. The zero-order chi connectivity index (χ0) is 26.8. The number of rotatable bonds is 20. The fourth-order valence-corrected chi connectivity index (χ4v) is 3.82. The minimum absolute atomic E-state index is 0.108. The maximum Gasteiger partial charge on any atom is 0.144 e. The van der Waals surface area contributed by atoms with Crippen molar-refractivity contribution in [3.8, 4) is 5.75 Å². The molecule has 0 aliphatic rings. The summed E-state index contributed by atoms with van der Waals surface area (Å²) in [6.45, 7) is 3.94. The van der Waals surface area contributed by atoms with Crippen LogP contribution in [0.3, 0.4) is 0 Å². The Morgan fingerprint density at radius 2 is 1.37 bits per heavy atom. The van der Waals surface area contributed by atoms with Gasteiger partial charge >= 0.3 is 0 Å². The topological polar surface area (TPSA) is 119 Å². The Labute approximate surface area is 235 Å². The number of nitrogen functional groups attached to an aromatic ring is 1. The smallest absolute Gasteiger partial charge is 0.144 e. The Morgan fingerprint density at radius 1 is 0.763 bits per heavy atom. The van der Waals surface area contributed by atoms with E-state index < -0.39 is 6.67 Å².